The van der Waals surface area contributed by atoms with Gasteiger partial charge in [0.05, 0.1) is 0 Å². The van der Waals surface area contributed by atoms with Crippen LogP contribution in [0.5, 0.6) is 5.75 Å². The second-order valence-electron chi connectivity index (χ2n) is 6.94. The highest BCUT2D eigenvalue weighted by Gasteiger charge is 2.42. The number of amides is 3. The van der Waals surface area contributed by atoms with Crippen molar-refractivity contribution in [1.29, 1.82) is 0 Å². The summed E-state index contributed by atoms with van der Waals surface area (Å²) in [4.78, 5) is 25.3. The molecule has 3 rings (SSSR count). The zero-order chi connectivity index (χ0) is 20.7. The topological polar surface area (TPSA) is 79.5 Å². The monoisotopic (exact) mass is 403 g/mol. The maximum Gasteiger partial charge on any atom is 0.387 e. The molecule has 0 unspecified atom stereocenters. The van der Waals surface area contributed by atoms with Crippen LogP contribution in [-0.4, -0.2) is 24.1 Å². The minimum atomic E-state index is -2.91. The molecule has 3 N–H and O–H groups in total. The lowest BCUT2D eigenvalue weighted by molar-refractivity contribution is -0.121. The molecule has 1 aliphatic rings. The predicted octanol–water partition coefficient (Wildman–Crippen LogP) is 4.04. The van der Waals surface area contributed by atoms with Gasteiger partial charge >= 0.3 is 12.6 Å². The molecule has 1 aliphatic carbocycles. The number of rotatable bonds is 7. The van der Waals surface area contributed by atoms with E-state index in [-0.39, 0.29) is 11.7 Å². The molecule has 8 heteroatoms. The molecular weight excluding hydrogens is 380 g/mol. The normalized spacial score (nSPS) is 15.0. The number of hydrogen-bond donors (Lipinski definition) is 3. The van der Waals surface area contributed by atoms with Gasteiger partial charge in [0.15, 0.2) is 0 Å². The van der Waals surface area contributed by atoms with Crippen LogP contribution in [0.1, 0.15) is 31.2 Å². The molecule has 0 spiro atoms. The lowest BCUT2D eigenvalue weighted by Crippen LogP contribution is -2.57. The SMILES string of the molecule is O=C(NCc1ccccc1)NC1(C(=O)Nc2ccc(OC(F)F)cc2)CCCC1. The van der Waals surface area contributed by atoms with Gasteiger partial charge in [0, 0.05) is 12.2 Å². The molecule has 0 saturated heterocycles. The second kappa shape index (κ2) is 9.36. The van der Waals surface area contributed by atoms with Crippen LogP contribution >= 0.6 is 0 Å². The molecule has 2 aromatic carbocycles. The first-order chi connectivity index (χ1) is 14.0. The Balaban J connectivity index is 1.60. The molecular formula is C21H23F2N3O3. The summed E-state index contributed by atoms with van der Waals surface area (Å²) in [5.41, 5.74) is 0.395. The van der Waals surface area contributed by atoms with Crippen molar-refractivity contribution in [3.8, 4) is 5.75 Å². The van der Waals surface area contributed by atoms with Crippen LogP contribution in [0.15, 0.2) is 54.6 Å². The summed E-state index contributed by atoms with van der Waals surface area (Å²) in [5.74, 6) is -0.320. The molecule has 1 fully saturated rings. The standard InChI is InChI=1S/C21H23F2N3O3/c22-19(23)29-17-10-8-16(9-11-17)25-18(27)21(12-4-5-13-21)26-20(28)24-14-15-6-2-1-3-7-15/h1-3,6-11,19H,4-5,12-14H2,(H,25,27)(H2,24,26,28). The number of halogens is 2. The quantitative estimate of drug-likeness (QED) is 0.653. The van der Waals surface area contributed by atoms with Crippen LogP contribution in [0.4, 0.5) is 19.3 Å². The van der Waals surface area contributed by atoms with Gasteiger partial charge in [0.2, 0.25) is 5.91 Å². The number of alkyl halides is 2. The van der Waals surface area contributed by atoms with Crippen molar-refractivity contribution in [2.75, 3.05) is 5.32 Å². The van der Waals surface area contributed by atoms with E-state index in [9.17, 15) is 18.4 Å². The molecule has 154 valence electrons. The van der Waals surface area contributed by atoms with E-state index >= 15 is 0 Å². The minimum Gasteiger partial charge on any atom is -0.435 e. The third kappa shape index (κ3) is 5.66. The molecule has 0 heterocycles. The number of benzene rings is 2. The first-order valence-corrected chi connectivity index (χ1v) is 9.43. The number of hydrogen-bond acceptors (Lipinski definition) is 3. The molecule has 0 bridgehead atoms. The van der Waals surface area contributed by atoms with Gasteiger partial charge in [-0.25, -0.2) is 4.79 Å². The molecule has 0 aromatic heterocycles. The summed E-state index contributed by atoms with van der Waals surface area (Å²) in [5, 5.41) is 8.37. The number of anilines is 1. The molecule has 29 heavy (non-hydrogen) atoms. The fourth-order valence-corrected chi connectivity index (χ4v) is 3.40. The highest BCUT2D eigenvalue weighted by atomic mass is 19.3. The number of carbonyl (C=O) groups excluding carboxylic acids is 2. The van der Waals surface area contributed by atoms with Crippen molar-refractivity contribution < 1.29 is 23.1 Å². The second-order valence-corrected chi connectivity index (χ2v) is 6.94. The average molecular weight is 403 g/mol. The van der Waals surface area contributed by atoms with E-state index in [2.05, 4.69) is 20.7 Å². The third-order valence-corrected chi connectivity index (χ3v) is 4.88. The van der Waals surface area contributed by atoms with Gasteiger partial charge in [0.1, 0.15) is 11.3 Å². The first-order valence-electron chi connectivity index (χ1n) is 9.43. The molecule has 1 saturated carbocycles. The van der Waals surface area contributed by atoms with E-state index < -0.39 is 18.2 Å². The Labute approximate surface area is 167 Å². The minimum absolute atomic E-state index is 0.00648. The Hall–Kier alpha value is -3.16. The Kier molecular flexibility index (Phi) is 6.64. The third-order valence-electron chi connectivity index (χ3n) is 4.88. The highest BCUT2D eigenvalue weighted by Crippen LogP contribution is 2.31. The van der Waals surface area contributed by atoms with Crippen LogP contribution in [0.3, 0.4) is 0 Å². The summed E-state index contributed by atoms with van der Waals surface area (Å²) in [6.45, 7) is -2.55. The highest BCUT2D eigenvalue weighted by molar-refractivity contribution is 6.00. The van der Waals surface area contributed by atoms with Crippen molar-refractivity contribution in [2.24, 2.45) is 0 Å². The van der Waals surface area contributed by atoms with Crippen LogP contribution in [0.2, 0.25) is 0 Å². The van der Waals surface area contributed by atoms with Gasteiger partial charge in [-0.15, -0.1) is 0 Å². The van der Waals surface area contributed by atoms with E-state index in [1.54, 1.807) is 0 Å². The predicted molar refractivity (Wildman–Crippen MR) is 105 cm³/mol. The summed E-state index contributed by atoms with van der Waals surface area (Å²) < 4.78 is 28.8. The Morgan fingerprint density at radius 1 is 1.00 bits per heavy atom. The van der Waals surface area contributed by atoms with E-state index in [1.165, 1.54) is 24.3 Å². The van der Waals surface area contributed by atoms with Crippen LogP contribution in [0, 0.1) is 0 Å². The summed E-state index contributed by atoms with van der Waals surface area (Å²) in [7, 11) is 0. The molecule has 6 nitrogen and oxygen atoms in total. The smallest absolute Gasteiger partial charge is 0.387 e. The number of urea groups is 1. The zero-order valence-electron chi connectivity index (χ0n) is 15.8. The van der Waals surface area contributed by atoms with Gasteiger partial charge in [-0.3, -0.25) is 4.79 Å². The Morgan fingerprint density at radius 2 is 1.66 bits per heavy atom. The van der Waals surface area contributed by atoms with Gasteiger partial charge in [0.25, 0.3) is 0 Å². The van der Waals surface area contributed by atoms with E-state index in [1.807, 2.05) is 30.3 Å². The van der Waals surface area contributed by atoms with Crippen molar-refractivity contribution in [3.63, 3.8) is 0 Å². The maximum absolute atomic E-state index is 12.9. The zero-order valence-corrected chi connectivity index (χ0v) is 15.8. The van der Waals surface area contributed by atoms with E-state index in [0.29, 0.717) is 25.1 Å². The molecule has 0 aliphatic heterocycles. The molecule has 3 amide bonds. The van der Waals surface area contributed by atoms with Gasteiger partial charge in [-0.1, -0.05) is 43.2 Å². The van der Waals surface area contributed by atoms with Gasteiger partial charge in [-0.2, -0.15) is 8.78 Å². The number of carbonyl (C=O) groups is 2. The molecule has 0 atom stereocenters. The van der Waals surface area contributed by atoms with Gasteiger partial charge in [-0.05, 0) is 42.7 Å². The lowest BCUT2D eigenvalue weighted by Gasteiger charge is -2.29. The Bertz CT molecular complexity index is 823. The summed E-state index contributed by atoms with van der Waals surface area (Å²) >= 11 is 0. The van der Waals surface area contributed by atoms with Crippen LogP contribution in [0.25, 0.3) is 0 Å². The number of nitrogens with one attached hydrogen (secondary N) is 3. The van der Waals surface area contributed by atoms with E-state index in [4.69, 9.17) is 0 Å². The lowest BCUT2D eigenvalue weighted by atomic mass is 9.96. The van der Waals surface area contributed by atoms with Crippen molar-refractivity contribution >= 4 is 17.6 Å². The summed E-state index contributed by atoms with van der Waals surface area (Å²) in [6.07, 6.45) is 2.72. The van der Waals surface area contributed by atoms with Crippen molar-refractivity contribution in [2.45, 2.75) is 44.4 Å². The van der Waals surface area contributed by atoms with Crippen LogP contribution < -0.4 is 20.7 Å². The van der Waals surface area contributed by atoms with Crippen molar-refractivity contribution in [3.05, 3.63) is 60.2 Å². The van der Waals surface area contributed by atoms with Gasteiger partial charge < -0.3 is 20.7 Å². The number of ether oxygens (including phenoxy) is 1. The first kappa shape index (κ1) is 20.6. The largest absolute Gasteiger partial charge is 0.435 e. The fourth-order valence-electron chi connectivity index (χ4n) is 3.40. The van der Waals surface area contributed by atoms with Crippen LogP contribution in [-0.2, 0) is 11.3 Å². The summed E-state index contributed by atoms with van der Waals surface area (Å²) in [6, 6.07) is 14.7. The average Bonchev–Trinajstić information content (AvgIpc) is 3.18. The van der Waals surface area contributed by atoms with Crippen molar-refractivity contribution in [1.82, 2.24) is 10.6 Å². The maximum atomic E-state index is 12.9. The fraction of sp³-hybridized carbons (Fsp3) is 0.333. The van der Waals surface area contributed by atoms with E-state index in [0.717, 1.165) is 18.4 Å². The Morgan fingerprint density at radius 3 is 2.28 bits per heavy atom. The molecule has 2 aromatic rings. The molecule has 0 radical (unpaired) electrons.